The Balaban J connectivity index is 1.43. The summed E-state index contributed by atoms with van der Waals surface area (Å²) in [5, 5.41) is 3.50. The molecule has 0 spiro atoms. The van der Waals surface area contributed by atoms with Crippen molar-refractivity contribution in [3.8, 4) is 5.88 Å². The minimum atomic E-state index is -0.337. The van der Waals surface area contributed by atoms with Crippen molar-refractivity contribution in [2.75, 3.05) is 13.2 Å². The first-order valence-electron chi connectivity index (χ1n) is 6.36. The highest BCUT2D eigenvalue weighted by atomic mass is 19.1. The second-order valence-electron chi connectivity index (χ2n) is 5.32. The molecule has 1 aromatic rings. The Kier molecular flexibility index (Phi) is 2.82. The van der Waals surface area contributed by atoms with E-state index in [4.69, 9.17) is 4.74 Å². The van der Waals surface area contributed by atoms with Gasteiger partial charge in [0.25, 0.3) is 0 Å². The fraction of sp³-hybridized carbons (Fsp3) is 0.500. The highest BCUT2D eigenvalue weighted by molar-refractivity contribution is 5.40. The number of ether oxygens (including phenoxy) is 1. The van der Waals surface area contributed by atoms with Gasteiger partial charge < -0.3 is 10.1 Å². The number of halogens is 1. The zero-order valence-electron chi connectivity index (χ0n) is 10.4. The molecule has 0 aromatic carbocycles. The van der Waals surface area contributed by atoms with Crippen molar-refractivity contribution >= 4 is 0 Å². The SMILES string of the molecule is CC12C=C1CN[C@H](CCOc1ccc(F)cn1)C2. The van der Waals surface area contributed by atoms with E-state index in [1.54, 1.807) is 11.6 Å². The van der Waals surface area contributed by atoms with E-state index in [1.165, 1.54) is 12.3 Å². The van der Waals surface area contributed by atoms with E-state index < -0.39 is 0 Å². The third-order valence-electron chi connectivity index (χ3n) is 3.81. The Labute approximate surface area is 106 Å². The van der Waals surface area contributed by atoms with Gasteiger partial charge >= 0.3 is 0 Å². The van der Waals surface area contributed by atoms with Crippen LogP contribution in [0.4, 0.5) is 4.39 Å². The van der Waals surface area contributed by atoms with Gasteiger partial charge in [-0.2, -0.15) is 0 Å². The summed E-state index contributed by atoms with van der Waals surface area (Å²) in [7, 11) is 0. The van der Waals surface area contributed by atoms with Crippen molar-refractivity contribution in [2.24, 2.45) is 5.41 Å². The summed E-state index contributed by atoms with van der Waals surface area (Å²) in [5.74, 6) is 0.153. The summed E-state index contributed by atoms with van der Waals surface area (Å²) in [4.78, 5) is 3.87. The lowest BCUT2D eigenvalue weighted by Crippen LogP contribution is -2.38. The highest BCUT2D eigenvalue weighted by Gasteiger charge is 2.43. The lowest BCUT2D eigenvalue weighted by molar-refractivity contribution is 0.254. The van der Waals surface area contributed by atoms with Gasteiger partial charge in [-0.1, -0.05) is 13.0 Å². The Morgan fingerprint density at radius 2 is 2.44 bits per heavy atom. The number of piperidine rings is 1. The maximum Gasteiger partial charge on any atom is 0.213 e. The van der Waals surface area contributed by atoms with Crippen LogP contribution in [0.15, 0.2) is 30.0 Å². The molecular weight excluding hydrogens is 231 g/mol. The largest absolute Gasteiger partial charge is 0.478 e. The summed E-state index contributed by atoms with van der Waals surface area (Å²) in [6, 6.07) is 3.42. The van der Waals surface area contributed by atoms with Crippen LogP contribution in [-0.2, 0) is 0 Å². The number of pyridine rings is 1. The van der Waals surface area contributed by atoms with E-state index in [0.717, 1.165) is 19.4 Å². The quantitative estimate of drug-likeness (QED) is 0.830. The molecule has 1 N–H and O–H groups in total. The summed E-state index contributed by atoms with van der Waals surface area (Å²) < 4.78 is 18.2. The Morgan fingerprint density at radius 3 is 3.17 bits per heavy atom. The first-order valence-corrected chi connectivity index (χ1v) is 6.36. The first-order chi connectivity index (χ1) is 8.66. The van der Waals surface area contributed by atoms with Crippen LogP contribution >= 0.6 is 0 Å². The van der Waals surface area contributed by atoms with Crippen molar-refractivity contribution in [1.82, 2.24) is 10.3 Å². The van der Waals surface area contributed by atoms with Gasteiger partial charge in [0, 0.05) is 24.1 Å². The molecule has 1 saturated heterocycles. The number of nitrogens with zero attached hydrogens (tertiary/aromatic N) is 1. The molecule has 0 radical (unpaired) electrons. The van der Waals surface area contributed by atoms with Crippen LogP contribution in [0.25, 0.3) is 0 Å². The van der Waals surface area contributed by atoms with Gasteiger partial charge in [0.05, 0.1) is 12.8 Å². The average molecular weight is 248 g/mol. The highest BCUT2D eigenvalue weighted by Crippen LogP contribution is 2.49. The molecule has 3 nitrogen and oxygen atoms in total. The van der Waals surface area contributed by atoms with Gasteiger partial charge in [0.2, 0.25) is 5.88 Å². The zero-order valence-corrected chi connectivity index (χ0v) is 10.4. The molecule has 2 aliphatic rings. The molecule has 0 amide bonds. The number of rotatable bonds is 4. The molecule has 2 heterocycles. The van der Waals surface area contributed by atoms with E-state index in [2.05, 4.69) is 23.3 Å². The lowest BCUT2D eigenvalue weighted by atomic mass is 9.89. The molecule has 1 unspecified atom stereocenters. The minimum absolute atomic E-state index is 0.337. The first kappa shape index (κ1) is 11.7. The maximum atomic E-state index is 12.7. The topological polar surface area (TPSA) is 34.1 Å². The van der Waals surface area contributed by atoms with Crippen LogP contribution in [0.3, 0.4) is 0 Å². The van der Waals surface area contributed by atoms with Crippen molar-refractivity contribution in [3.63, 3.8) is 0 Å². The van der Waals surface area contributed by atoms with Crippen LogP contribution < -0.4 is 10.1 Å². The maximum absolute atomic E-state index is 12.7. The standard InChI is InChI=1S/C14H17FN2O/c1-14-6-10(14)8-16-12(7-14)4-5-18-13-3-2-11(15)9-17-13/h2-3,6,9,12,16H,4-5,7-8H2,1H3/t12-,14?/m1/s1. The zero-order chi connectivity index (χ0) is 12.6. The van der Waals surface area contributed by atoms with E-state index in [1.807, 2.05) is 0 Å². The molecule has 4 heteroatoms. The Hall–Kier alpha value is -1.42. The van der Waals surface area contributed by atoms with E-state index in [0.29, 0.717) is 23.9 Å². The third-order valence-corrected chi connectivity index (χ3v) is 3.81. The molecule has 1 aromatic heterocycles. The molecule has 1 fully saturated rings. The smallest absolute Gasteiger partial charge is 0.213 e. The fourth-order valence-corrected chi connectivity index (χ4v) is 2.59. The molecule has 2 atom stereocenters. The molecule has 1 aliphatic carbocycles. The molecule has 0 bridgehead atoms. The Morgan fingerprint density at radius 1 is 1.56 bits per heavy atom. The average Bonchev–Trinajstić information content (AvgIpc) is 3.02. The number of aromatic nitrogens is 1. The fourth-order valence-electron chi connectivity index (χ4n) is 2.59. The van der Waals surface area contributed by atoms with Crippen LogP contribution in [0.5, 0.6) is 5.88 Å². The molecular formula is C14H17FN2O. The summed E-state index contributed by atoms with van der Waals surface area (Å²) >= 11 is 0. The van der Waals surface area contributed by atoms with Gasteiger partial charge in [-0.15, -0.1) is 0 Å². The van der Waals surface area contributed by atoms with Crippen LogP contribution in [0.2, 0.25) is 0 Å². The van der Waals surface area contributed by atoms with Crippen molar-refractivity contribution in [3.05, 3.63) is 35.8 Å². The minimum Gasteiger partial charge on any atom is -0.478 e. The van der Waals surface area contributed by atoms with Gasteiger partial charge in [0.15, 0.2) is 0 Å². The summed E-state index contributed by atoms with van der Waals surface area (Å²) in [6.45, 7) is 3.91. The van der Waals surface area contributed by atoms with Gasteiger partial charge in [-0.05, 0) is 24.5 Å². The Bertz CT molecular complexity index is 471. The van der Waals surface area contributed by atoms with Crippen LogP contribution in [0, 0.1) is 11.2 Å². The van der Waals surface area contributed by atoms with E-state index in [-0.39, 0.29) is 5.82 Å². The number of hydrogen-bond donors (Lipinski definition) is 1. The second-order valence-corrected chi connectivity index (χ2v) is 5.32. The number of hydrogen-bond acceptors (Lipinski definition) is 3. The van der Waals surface area contributed by atoms with Crippen LogP contribution in [-0.4, -0.2) is 24.2 Å². The van der Waals surface area contributed by atoms with Gasteiger partial charge in [-0.25, -0.2) is 9.37 Å². The molecule has 3 rings (SSSR count). The summed E-state index contributed by atoms with van der Waals surface area (Å²) in [5.41, 5.74) is 1.92. The van der Waals surface area contributed by atoms with Gasteiger partial charge in [0.1, 0.15) is 5.82 Å². The number of nitrogens with one attached hydrogen (secondary N) is 1. The predicted molar refractivity (Wildman–Crippen MR) is 66.9 cm³/mol. The van der Waals surface area contributed by atoms with Crippen LogP contribution in [0.1, 0.15) is 19.8 Å². The van der Waals surface area contributed by atoms with Crippen molar-refractivity contribution in [1.29, 1.82) is 0 Å². The molecule has 0 saturated carbocycles. The van der Waals surface area contributed by atoms with Crippen molar-refractivity contribution in [2.45, 2.75) is 25.8 Å². The van der Waals surface area contributed by atoms with Crippen molar-refractivity contribution < 1.29 is 9.13 Å². The number of allylic oxidation sites excluding steroid dienone is 1. The molecule has 96 valence electrons. The third kappa shape index (κ3) is 2.38. The lowest BCUT2D eigenvalue weighted by Gasteiger charge is -2.28. The molecule has 18 heavy (non-hydrogen) atoms. The monoisotopic (exact) mass is 248 g/mol. The van der Waals surface area contributed by atoms with E-state index >= 15 is 0 Å². The predicted octanol–water partition coefficient (Wildman–Crippen LogP) is 2.30. The normalized spacial score (nSPS) is 29.4. The van der Waals surface area contributed by atoms with E-state index in [9.17, 15) is 4.39 Å². The molecule has 1 aliphatic heterocycles. The summed E-state index contributed by atoms with van der Waals surface area (Å²) in [6.07, 6.45) is 5.64. The number of fused-ring (bicyclic) bond motifs is 1. The second kappa shape index (κ2) is 4.35. The van der Waals surface area contributed by atoms with Gasteiger partial charge in [-0.3, -0.25) is 0 Å².